The second kappa shape index (κ2) is 4.45. The van der Waals surface area contributed by atoms with E-state index in [0.717, 1.165) is 5.41 Å². The zero-order valence-electron chi connectivity index (χ0n) is 7.57. The van der Waals surface area contributed by atoms with E-state index in [9.17, 15) is 0 Å². The highest BCUT2D eigenvalue weighted by Crippen LogP contribution is 2.37. The summed E-state index contributed by atoms with van der Waals surface area (Å²) in [4.78, 5) is 0. The maximum atomic E-state index is 3.44. The molecule has 0 aliphatic carbocycles. The lowest BCUT2D eigenvalue weighted by atomic mass is 9.72. The predicted octanol–water partition coefficient (Wildman–Crippen LogP) is 1.16. The summed E-state index contributed by atoms with van der Waals surface area (Å²) in [5, 5.41) is 6.87. The molecule has 2 fully saturated rings. The van der Waals surface area contributed by atoms with Crippen LogP contribution in [0.2, 0.25) is 0 Å². The fourth-order valence-electron chi connectivity index (χ4n) is 2.41. The number of rotatable bonds is 0. The first-order valence-electron chi connectivity index (χ1n) is 4.83. The van der Waals surface area contributed by atoms with Gasteiger partial charge in [0.25, 0.3) is 0 Å². The average Bonchev–Trinajstić information content (AvgIpc) is 2.07. The van der Waals surface area contributed by atoms with Crippen LogP contribution in [0.15, 0.2) is 0 Å². The lowest BCUT2D eigenvalue weighted by Gasteiger charge is -2.41. The van der Waals surface area contributed by atoms with Crippen molar-refractivity contribution < 1.29 is 0 Å². The van der Waals surface area contributed by atoms with Crippen molar-refractivity contribution in [2.75, 3.05) is 26.2 Å². The van der Waals surface area contributed by atoms with Gasteiger partial charge in [-0.25, -0.2) is 0 Å². The van der Waals surface area contributed by atoms with Crippen LogP contribution in [0.5, 0.6) is 0 Å². The highest BCUT2D eigenvalue weighted by atomic mass is 35.5. The van der Waals surface area contributed by atoms with E-state index >= 15 is 0 Å². The number of nitrogens with one attached hydrogen (secondary N) is 2. The van der Waals surface area contributed by atoms with Gasteiger partial charge in [0.05, 0.1) is 0 Å². The number of halogens is 1. The molecule has 0 atom stereocenters. The van der Waals surface area contributed by atoms with Gasteiger partial charge in [0.15, 0.2) is 0 Å². The standard InChI is InChI=1S/C9H18N2.ClH/c1-5-10-6-2-9(1)3-7-11-8-4-9;/h10-11H,1-8H2;1H. The number of hydrogen-bond acceptors (Lipinski definition) is 2. The van der Waals surface area contributed by atoms with Crippen LogP contribution in [-0.4, -0.2) is 26.2 Å². The summed E-state index contributed by atoms with van der Waals surface area (Å²) < 4.78 is 0. The Morgan fingerprint density at radius 1 is 0.667 bits per heavy atom. The Labute approximate surface area is 80.9 Å². The van der Waals surface area contributed by atoms with Crippen LogP contribution in [-0.2, 0) is 0 Å². The third kappa shape index (κ3) is 2.12. The summed E-state index contributed by atoms with van der Waals surface area (Å²) in [7, 11) is 0. The zero-order valence-corrected chi connectivity index (χ0v) is 8.38. The summed E-state index contributed by atoms with van der Waals surface area (Å²) in [6, 6.07) is 0. The second-order valence-electron chi connectivity index (χ2n) is 4.00. The van der Waals surface area contributed by atoms with Crippen LogP contribution >= 0.6 is 12.4 Å². The Morgan fingerprint density at radius 2 is 1.00 bits per heavy atom. The van der Waals surface area contributed by atoms with Crippen LogP contribution in [0.25, 0.3) is 0 Å². The molecule has 3 heteroatoms. The molecule has 2 nitrogen and oxygen atoms in total. The summed E-state index contributed by atoms with van der Waals surface area (Å²) in [6.07, 6.45) is 5.65. The molecule has 0 unspecified atom stereocenters. The fourth-order valence-corrected chi connectivity index (χ4v) is 2.41. The molecular formula is C9H19ClN2. The van der Waals surface area contributed by atoms with Gasteiger partial charge in [-0.3, -0.25) is 0 Å². The normalized spacial score (nSPS) is 28.0. The Bertz CT molecular complexity index is 107. The Balaban J connectivity index is 0.000000720. The summed E-state index contributed by atoms with van der Waals surface area (Å²) in [5.41, 5.74) is 0.733. The van der Waals surface area contributed by atoms with Crippen molar-refractivity contribution >= 4 is 12.4 Å². The number of hydrogen-bond donors (Lipinski definition) is 2. The van der Waals surface area contributed by atoms with Crippen LogP contribution in [0.1, 0.15) is 25.7 Å². The summed E-state index contributed by atoms with van der Waals surface area (Å²) in [5.74, 6) is 0. The highest BCUT2D eigenvalue weighted by Gasteiger charge is 2.32. The van der Waals surface area contributed by atoms with E-state index in [-0.39, 0.29) is 12.4 Å². The van der Waals surface area contributed by atoms with Gasteiger partial charge in [0, 0.05) is 0 Å². The maximum absolute atomic E-state index is 3.44. The van der Waals surface area contributed by atoms with Gasteiger partial charge in [0.2, 0.25) is 0 Å². The van der Waals surface area contributed by atoms with Crippen molar-refractivity contribution in [3.8, 4) is 0 Å². The Hall–Kier alpha value is 0.210. The van der Waals surface area contributed by atoms with Crippen molar-refractivity contribution in [1.29, 1.82) is 0 Å². The van der Waals surface area contributed by atoms with E-state index in [1.54, 1.807) is 0 Å². The third-order valence-electron chi connectivity index (χ3n) is 3.33. The molecule has 2 rings (SSSR count). The van der Waals surface area contributed by atoms with Gasteiger partial charge in [-0.15, -0.1) is 12.4 Å². The quantitative estimate of drug-likeness (QED) is 0.599. The minimum Gasteiger partial charge on any atom is -0.317 e. The van der Waals surface area contributed by atoms with E-state index in [2.05, 4.69) is 10.6 Å². The first-order valence-corrected chi connectivity index (χ1v) is 4.83. The lowest BCUT2D eigenvalue weighted by Crippen LogP contribution is -2.43. The van der Waals surface area contributed by atoms with E-state index < -0.39 is 0 Å². The highest BCUT2D eigenvalue weighted by molar-refractivity contribution is 5.85. The van der Waals surface area contributed by atoms with Gasteiger partial charge in [0.1, 0.15) is 0 Å². The van der Waals surface area contributed by atoms with Gasteiger partial charge >= 0.3 is 0 Å². The minimum atomic E-state index is 0. The molecule has 2 aliphatic rings. The van der Waals surface area contributed by atoms with Gasteiger partial charge in [-0.1, -0.05) is 0 Å². The lowest BCUT2D eigenvalue weighted by molar-refractivity contribution is 0.144. The van der Waals surface area contributed by atoms with Crippen LogP contribution in [0, 0.1) is 5.41 Å². The Kier molecular flexibility index (Phi) is 3.81. The molecular weight excluding hydrogens is 172 g/mol. The summed E-state index contributed by atoms with van der Waals surface area (Å²) >= 11 is 0. The van der Waals surface area contributed by atoms with E-state index in [1.807, 2.05) is 0 Å². The molecule has 2 heterocycles. The predicted molar refractivity (Wildman–Crippen MR) is 53.9 cm³/mol. The smallest absolute Gasteiger partial charge is 0.00436 e. The van der Waals surface area contributed by atoms with Crippen LogP contribution in [0.4, 0.5) is 0 Å². The molecule has 0 bridgehead atoms. The van der Waals surface area contributed by atoms with E-state index in [1.165, 1.54) is 51.9 Å². The molecule has 1 spiro atoms. The monoisotopic (exact) mass is 190 g/mol. The maximum Gasteiger partial charge on any atom is -0.00436 e. The average molecular weight is 191 g/mol. The minimum absolute atomic E-state index is 0. The zero-order chi connectivity index (χ0) is 7.57. The molecule has 2 aliphatic heterocycles. The van der Waals surface area contributed by atoms with Crippen molar-refractivity contribution in [2.45, 2.75) is 25.7 Å². The molecule has 0 aromatic heterocycles. The van der Waals surface area contributed by atoms with Crippen molar-refractivity contribution in [3.05, 3.63) is 0 Å². The first kappa shape index (κ1) is 10.3. The second-order valence-corrected chi connectivity index (χ2v) is 4.00. The van der Waals surface area contributed by atoms with E-state index in [4.69, 9.17) is 0 Å². The summed E-state index contributed by atoms with van der Waals surface area (Å²) in [6.45, 7) is 5.00. The van der Waals surface area contributed by atoms with Crippen molar-refractivity contribution in [1.82, 2.24) is 10.6 Å². The van der Waals surface area contributed by atoms with Crippen LogP contribution in [0.3, 0.4) is 0 Å². The van der Waals surface area contributed by atoms with Crippen LogP contribution < -0.4 is 10.6 Å². The SMILES string of the molecule is C1CC2(CCN1)CCNCC2.Cl. The van der Waals surface area contributed by atoms with Gasteiger partial charge in [-0.2, -0.15) is 0 Å². The van der Waals surface area contributed by atoms with Crippen molar-refractivity contribution in [2.24, 2.45) is 5.41 Å². The molecule has 2 N–H and O–H groups in total. The number of piperidine rings is 2. The van der Waals surface area contributed by atoms with Gasteiger partial charge in [-0.05, 0) is 57.3 Å². The molecule has 2 saturated heterocycles. The third-order valence-corrected chi connectivity index (χ3v) is 3.33. The Morgan fingerprint density at radius 3 is 1.33 bits per heavy atom. The largest absolute Gasteiger partial charge is 0.317 e. The molecule has 12 heavy (non-hydrogen) atoms. The molecule has 0 saturated carbocycles. The molecule has 0 aromatic rings. The molecule has 0 amide bonds. The van der Waals surface area contributed by atoms with Crippen molar-refractivity contribution in [3.63, 3.8) is 0 Å². The van der Waals surface area contributed by atoms with E-state index in [0.29, 0.717) is 0 Å². The molecule has 72 valence electrons. The first-order chi connectivity index (χ1) is 5.41. The fraction of sp³-hybridized carbons (Fsp3) is 1.00. The molecule has 0 radical (unpaired) electrons. The topological polar surface area (TPSA) is 24.1 Å². The van der Waals surface area contributed by atoms with Gasteiger partial charge < -0.3 is 10.6 Å². The molecule has 0 aromatic carbocycles.